The Morgan fingerprint density at radius 2 is 2.00 bits per heavy atom. The smallest absolute Gasteiger partial charge is 0.247 e. The van der Waals surface area contributed by atoms with Gasteiger partial charge in [0.15, 0.2) is 0 Å². The Labute approximate surface area is 113 Å². The zero-order chi connectivity index (χ0) is 13.7. The molecule has 2 aromatic rings. The van der Waals surface area contributed by atoms with Crippen molar-refractivity contribution in [2.45, 2.75) is 20.4 Å². The summed E-state index contributed by atoms with van der Waals surface area (Å²) in [6, 6.07) is 9.81. The lowest BCUT2D eigenvalue weighted by atomic mass is 10.2. The van der Waals surface area contributed by atoms with E-state index in [1.165, 1.54) is 5.57 Å². The van der Waals surface area contributed by atoms with Gasteiger partial charge < -0.3 is 4.42 Å². The standard InChI is InChI=1S/C15H19N3O/c1-4-12(2)10-18(3)11-14-16-17-15(19-14)13-8-6-5-7-9-13/h4-9H,10-11H2,1-3H3/b12-4+. The number of hydrogen-bond donors (Lipinski definition) is 0. The summed E-state index contributed by atoms with van der Waals surface area (Å²) >= 11 is 0. The average Bonchev–Trinajstić information content (AvgIpc) is 2.88. The van der Waals surface area contributed by atoms with Gasteiger partial charge in [0.05, 0.1) is 6.54 Å². The molecule has 0 aliphatic rings. The molecule has 1 aromatic carbocycles. The normalized spacial score (nSPS) is 12.1. The molecule has 0 aliphatic carbocycles. The lowest BCUT2D eigenvalue weighted by Gasteiger charge is -2.13. The van der Waals surface area contributed by atoms with Gasteiger partial charge in [-0.15, -0.1) is 10.2 Å². The van der Waals surface area contributed by atoms with E-state index < -0.39 is 0 Å². The van der Waals surface area contributed by atoms with Crippen LogP contribution in [0.3, 0.4) is 0 Å². The molecule has 0 N–H and O–H groups in total. The molecule has 0 aliphatic heterocycles. The van der Waals surface area contributed by atoms with Gasteiger partial charge in [-0.2, -0.15) is 0 Å². The molecule has 0 bridgehead atoms. The lowest BCUT2D eigenvalue weighted by molar-refractivity contribution is 0.311. The van der Waals surface area contributed by atoms with Crippen molar-refractivity contribution in [1.82, 2.24) is 15.1 Å². The van der Waals surface area contributed by atoms with E-state index in [0.717, 1.165) is 12.1 Å². The molecular formula is C15H19N3O. The van der Waals surface area contributed by atoms with Crippen LogP contribution < -0.4 is 0 Å². The Hall–Kier alpha value is -1.94. The zero-order valence-corrected chi connectivity index (χ0v) is 11.6. The monoisotopic (exact) mass is 257 g/mol. The number of allylic oxidation sites excluding steroid dienone is 1. The maximum Gasteiger partial charge on any atom is 0.247 e. The molecule has 0 spiro atoms. The highest BCUT2D eigenvalue weighted by Gasteiger charge is 2.10. The molecule has 4 heteroatoms. The van der Waals surface area contributed by atoms with Gasteiger partial charge in [-0.25, -0.2) is 0 Å². The van der Waals surface area contributed by atoms with Crippen LogP contribution in [0.2, 0.25) is 0 Å². The number of likely N-dealkylation sites (N-methyl/N-ethyl adjacent to an activating group) is 1. The molecular weight excluding hydrogens is 238 g/mol. The largest absolute Gasteiger partial charge is 0.419 e. The summed E-state index contributed by atoms with van der Waals surface area (Å²) in [5.41, 5.74) is 2.28. The fourth-order valence-electron chi connectivity index (χ4n) is 1.82. The third-order valence-electron chi connectivity index (χ3n) is 2.90. The number of aromatic nitrogens is 2. The van der Waals surface area contributed by atoms with Gasteiger partial charge in [0.2, 0.25) is 11.8 Å². The van der Waals surface area contributed by atoms with Crippen LogP contribution in [-0.4, -0.2) is 28.7 Å². The van der Waals surface area contributed by atoms with Crippen LogP contribution in [0.5, 0.6) is 0 Å². The minimum Gasteiger partial charge on any atom is -0.419 e. The second-order valence-electron chi connectivity index (χ2n) is 4.67. The van der Waals surface area contributed by atoms with Crippen LogP contribution >= 0.6 is 0 Å². The molecule has 2 rings (SSSR count). The molecule has 0 unspecified atom stereocenters. The minimum atomic E-state index is 0.576. The molecule has 4 nitrogen and oxygen atoms in total. The van der Waals surface area contributed by atoms with Crippen molar-refractivity contribution >= 4 is 0 Å². The van der Waals surface area contributed by atoms with Crippen molar-refractivity contribution in [2.24, 2.45) is 0 Å². The van der Waals surface area contributed by atoms with Gasteiger partial charge in [0.25, 0.3) is 0 Å². The van der Waals surface area contributed by atoms with Crippen molar-refractivity contribution < 1.29 is 4.42 Å². The molecule has 0 radical (unpaired) electrons. The average molecular weight is 257 g/mol. The van der Waals surface area contributed by atoms with Crippen LogP contribution in [0.15, 0.2) is 46.4 Å². The van der Waals surface area contributed by atoms with E-state index in [1.54, 1.807) is 0 Å². The van der Waals surface area contributed by atoms with Gasteiger partial charge in [0, 0.05) is 12.1 Å². The lowest BCUT2D eigenvalue weighted by Crippen LogP contribution is -2.20. The summed E-state index contributed by atoms with van der Waals surface area (Å²) < 4.78 is 5.67. The van der Waals surface area contributed by atoms with E-state index in [1.807, 2.05) is 44.3 Å². The van der Waals surface area contributed by atoms with Gasteiger partial charge in [0.1, 0.15) is 0 Å². The highest BCUT2D eigenvalue weighted by atomic mass is 16.4. The number of nitrogens with zero attached hydrogens (tertiary/aromatic N) is 3. The molecule has 1 aromatic heterocycles. The predicted octanol–water partition coefficient (Wildman–Crippen LogP) is 3.13. The maximum atomic E-state index is 5.67. The zero-order valence-electron chi connectivity index (χ0n) is 11.6. The van der Waals surface area contributed by atoms with Crippen molar-refractivity contribution in [1.29, 1.82) is 0 Å². The Morgan fingerprint density at radius 3 is 2.68 bits per heavy atom. The third-order valence-corrected chi connectivity index (χ3v) is 2.90. The Balaban J connectivity index is 2.02. The summed E-state index contributed by atoms with van der Waals surface area (Å²) in [5.74, 6) is 1.22. The van der Waals surface area contributed by atoms with E-state index in [2.05, 4.69) is 28.1 Å². The topological polar surface area (TPSA) is 42.2 Å². The van der Waals surface area contributed by atoms with E-state index in [0.29, 0.717) is 18.3 Å². The SMILES string of the molecule is C/C=C(\C)CN(C)Cc1nnc(-c2ccccc2)o1. The van der Waals surface area contributed by atoms with Gasteiger partial charge >= 0.3 is 0 Å². The predicted molar refractivity (Wildman–Crippen MR) is 75.5 cm³/mol. The van der Waals surface area contributed by atoms with Crippen LogP contribution in [0.25, 0.3) is 11.5 Å². The van der Waals surface area contributed by atoms with Crippen LogP contribution in [-0.2, 0) is 6.54 Å². The fraction of sp³-hybridized carbons (Fsp3) is 0.333. The van der Waals surface area contributed by atoms with Crippen molar-refractivity contribution in [3.05, 3.63) is 47.9 Å². The second kappa shape index (κ2) is 6.29. The van der Waals surface area contributed by atoms with Gasteiger partial charge in [-0.05, 0) is 33.0 Å². The summed E-state index contributed by atoms with van der Waals surface area (Å²) in [4.78, 5) is 2.15. The highest BCUT2D eigenvalue weighted by Crippen LogP contribution is 2.17. The Morgan fingerprint density at radius 1 is 1.26 bits per heavy atom. The second-order valence-corrected chi connectivity index (χ2v) is 4.67. The molecule has 0 amide bonds. The van der Waals surface area contributed by atoms with Crippen molar-refractivity contribution in [3.63, 3.8) is 0 Å². The first-order chi connectivity index (χ1) is 9.19. The first-order valence-corrected chi connectivity index (χ1v) is 6.37. The van der Waals surface area contributed by atoms with Crippen LogP contribution in [0.1, 0.15) is 19.7 Å². The van der Waals surface area contributed by atoms with Gasteiger partial charge in [-0.1, -0.05) is 29.8 Å². The molecule has 100 valence electrons. The quantitative estimate of drug-likeness (QED) is 0.772. The first kappa shape index (κ1) is 13.5. The van der Waals surface area contributed by atoms with Crippen molar-refractivity contribution in [2.75, 3.05) is 13.6 Å². The Bertz CT molecular complexity index is 546. The fourth-order valence-corrected chi connectivity index (χ4v) is 1.82. The van der Waals surface area contributed by atoms with E-state index in [4.69, 9.17) is 4.42 Å². The van der Waals surface area contributed by atoms with Crippen LogP contribution in [0, 0.1) is 0 Å². The van der Waals surface area contributed by atoms with Crippen molar-refractivity contribution in [3.8, 4) is 11.5 Å². The van der Waals surface area contributed by atoms with Gasteiger partial charge in [-0.3, -0.25) is 4.90 Å². The van der Waals surface area contributed by atoms with E-state index in [9.17, 15) is 0 Å². The molecule has 1 heterocycles. The molecule has 0 atom stereocenters. The Kier molecular flexibility index (Phi) is 4.47. The first-order valence-electron chi connectivity index (χ1n) is 6.37. The molecule has 0 saturated heterocycles. The maximum absolute atomic E-state index is 5.67. The van der Waals surface area contributed by atoms with Crippen LogP contribution in [0.4, 0.5) is 0 Å². The summed E-state index contributed by atoms with van der Waals surface area (Å²) in [5, 5.41) is 8.17. The summed E-state index contributed by atoms with van der Waals surface area (Å²) in [7, 11) is 2.04. The summed E-state index contributed by atoms with van der Waals surface area (Å²) in [6.45, 7) is 5.72. The van der Waals surface area contributed by atoms with E-state index >= 15 is 0 Å². The number of hydrogen-bond acceptors (Lipinski definition) is 4. The molecule has 0 fully saturated rings. The number of benzene rings is 1. The third kappa shape index (κ3) is 3.76. The highest BCUT2D eigenvalue weighted by molar-refractivity contribution is 5.51. The minimum absolute atomic E-state index is 0.576. The molecule has 0 saturated carbocycles. The molecule has 19 heavy (non-hydrogen) atoms. The number of rotatable bonds is 5. The summed E-state index contributed by atoms with van der Waals surface area (Å²) in [6.07, 6.45) is 2.11. The van der Waals surface area contributed by atoms with E-state index in [-0.39, 0.29) is 0 Å².